The number of nitrogens with zero attached hydrogens (tertiary/aromatic N) is 4. The predicted molar refractivity (Wildman–Crippen MR) is 195 cm³/mol. The quantitative estimate of drug-likeness (QED) is 0.0854. The number of amides is 1. The lowest BCUT2D eigenvalue weighted by Crippen LogP contribution is -2.54. The highest BCUT2D eigenvalue weighted by Gasteiger charge is 2.47. The third-order valence-corrected chi connectivity index (χ3v) is 9.60. The zero-order valence-electron chi connectivity index (χ0n) is 30.6. The summed E-state index contributed by atoms with van der Waals surface area (Å²) >= 11 is 0. The highest BCUT2D eigenvalue weighted by Crippen LogP contribution is 2.42. The molecule has 1 aromatic carbocycles. The Bertz CT molecular complexity index is 1630. The lowest BCUT2D eigenvalue weighted by Gasteiger charge is -2.44. The second kappa shape index (κ2) is 17.5. The number of piperazine rings is 1. The number of carbonyl (C=O) groups excluding carboxylic acids is 1. The molecule has 0 saturated carbocycles. The van der Waals surface area contributed by atoms with Crippen LogP contribution in [0.5, 0.6) is 0 Å². The summed E-state index contributed by atoms with van der Waals surface area (Å²) < 4.78 is 44.6. The van der Waals surface area contributed by atoms with Gasteiger partial charge in [0.1, 0.15) is 5.82 Å². The number of aliphatic imine (C=N–C) groups is 1. The van der Waals surface area contributed by atoms with Crippen LogP contribution in [0, 0.1) is 22.6 Å². The molecule has 0 radical (unpaired) electrons. The minimum Gasteiger partial charge on any atom is -0.368 e. The van der Waals surface area contributed by atoms with Gasteiger partial charge in [0.25, 0.3) is 5.92 Å². The first-order valence-electron chi connectivity index (χ1n) is 17.5. The van der Waals surface area contributed by atoms with E-state index in [1.54, 1.807) is 17.0 Å². The van der Waals surface area contributed by atoms with Crippen molar-refractivity contribution in [2.45, 2.75) is 106 Å². The van der Waals surface area contributed by atoms with Gasteiger partial charge in [0.15, 0.2) is 0 Å². The molecule has 1 aliphatic heterocycles. The molecular weight excluding hydrogens is 621 g/mol. The van der Waals surface area contributed by atoms with E-state index in [9.17, 15) is 18.8 Å². The van der Waals surface area contributed by atoms with Crippen LogP contribution in [0.15, 0.2) is 87.3 Å². The second-order valence-electron chi connectivity index (χ2n) is 13.6. The minimum atomic E-state index is -2.94. The fourth-order valence-corrected chi connectivity index (χ4v) is 6.66. The molecule has 1 saturated heterocycles. The number of alkyl halides is 2. The van der Waals surface area contributed by atoms with Gasteiger partial charge in [0.2, 0.25) is 5.91 Å². The Morgan fingerprint density at radius 2 is 1.88 bits per heavy atom. The molecule has 1 atom stereocenters. The number of carbonyl (C=O) groups is 1. The first kappa shape index (κ1) is 39.4. The number of halogens is 3. The van der Waals surface area contributed by atoms with Gasteiger partial charge in [-0.15, -0.1) is 5.73 Å². The van der Waals surface area contributed by atoms with Gasteiger partial charge in [-0.3, -0.25) is 9.79 Å². The van der Waals surface area contributed by atoms with E-state index in [2.05, 4.69) is 16.7 Å². The maximum atomic E-state index is 15.4. The van der Waals surface area contributed by atoms with Crippen molar-refractivity contribution >= 4 is 17.2 Å². The molecule has 0 N–H and O–H groups in total. The molecule has 2 aliphatic rings. The molecule has 5 nitrogen and oxygen atoms in total. The highest BCUT2D eigenvalue weighted by atomic mass is 19.3. The average molecular weight is 675 g/mol. The summed E-state index contributed by atoms with van der Waals surface area (Å²) in [6.07, 6.45) is 10.1. The van der Waals surface area contributed by atoms with E-state index < -0.39 is 11.3 Å². The summed E-state index contributed by atoms with van der Waals surface area (Å²) in [6.45, 7) is 16.2. The summed E-state index contributed by atoms with van der Waals surface area (Å²) in [5.74, 6) is -3.52. The van der Waals surface area contributed by atoms with Crippen molar-refractivity contribution in [1.82, 2.24) is 9.80 Å². The lowest BCUT2D eigenvalue weighted by molar-refractivity contribution is -0.149. The van der Waals surface area contributed by atoms with Gasteiger partial charge < -0.3 is 9.80 Å². The molecule has 0 spiro atoms. The van der Waals surface area contributed by atoms with Gasteiger partial charge in [-0.1, -0.05) is 51.1 Å². The zero-order chi connectivity index (χ0) is 36.4. The van der Waals surface area contributed by atoms with Gasteiger partial charge in [0.05, 0.1) is 11.6 Å². The molecule has 1 aromatic rings. The van der Waals surface area contributed by atoms with Crippen molar-refractivity contribution in [2.75, 3.05) is 26.2 Å². The number of hydrogen-bond donors (Lipinski definition) is 0. The Morgan fingerprint density at radius 3 is 2.49 bits per heavy atom. The molecule has 1 aliphatic carbocycles. The van der Waals surface area contributed by atoms with Crippen LogP contribution in [0.1, 0.15) is 99.5 Å². The molecule has 8 heteroatoms. The normalized spacial score (nSPS) is 18.3. The number of unbranched alkanes of at least 4 members (excludes halogenated alkanes) is 1. The first-order valence-corrected chi connectivity index (χ1v) is 17.5. The average Bonchev–Trinajstić information content (AvgIpc) is 3.25. The van der Waals surface area contributed by atoms with E-state index >= 15 is 4.39 Å². The molecule has 0 unspecified atom stereocenters. The third-order valence-electron chi connectivity index (χ3n) is 9.60. The van der Waals surface area contributed by atoms with Gasteiger partial charge >= 0.3 is 0 Å². The summed E-state index contributed by atoms with van der Waals surface area (Å²) in [7, 11) is 0. The molecule has 3 rings (SSSR count). The summed E-state index contributed by atoms with van der Waals surface area (Å²) in [4.78, 5) is 22.2. The van der Waals surface area contributed by atoms with Crippen LogP contribution < -0.4 is 0 Å². The van der Waals surface area contributed by atoms with Gasteiger partial charge in [-0.25, -0.2) is 13.2 Å². The fourth-order valence-electron chi connectivity index (χ4n) is 6.66. The Hall–Kier alpha value is -4.08. The Balaban J connectivity index is 1.93. The minimum absolute atomic E-state index is 0.101. The van der Waals surface area contributed by atoms with E-state index in [0.717, 1.165) is 53.0 Å². The topological polar surface area (TPSA) is 59.7 Å². The molecular formula is C41H53F3N4O. The third kappa shape index (κ3) is 9.98. The largest absolute Gasteiger partial charge is 0.368 e. The van der Waals surface area contributed by atoms with Crippen molar-refractivity contribution < 1.29 is 18.0 Å². The summed E-state index contributed by atoms with van der Waals surface area (Å²) in [5.41, 5.74) is 8.49. The lowest BCUT2D eigenvalue weighted by atomic mass is 9.80. The van der Waals surface area contributed by atoms with Crippen LogP contribution in [0.3, 0.4) is 0 Å². The summed E-state index contributed by atoms with van der Waals surface area (Å²) in [5, 5.41) is 9.45. The first-order chi connectivity index (χ1) is 23.2. The smallest absolute Gasteiger partial charge is 0.253 e. The molecule has 1 heterocycles. The van der Waals surface area contributed by atoms with E-state index in [1.807, 2.05) is 65.0 Å². The van der Waals surface area contributed by atoms with E-state index in [4.69, 9.17) is 4.99 Å². The number of benzene rings is 1. The molecule has 1 amide bonds. The number of rotatable bonds is 14. The van der Waals surface area contributed by atoms with Crippen molar-refractivity contribution in [1.29, 1.82) is 5.26 Å². The maximum absolute atomic E-state index is 15.4. The Labute approximate surface area is 292 Å². The molecule has 0 aromatic heterocycles. The molecule has 49 heavy (non-hydrogen) atoms. The van der Waals surface area contributed by atoms with Crippen molar-refractivity contribution in [3.05, 3.63) is 93.7 Å². The monoisotopic (exact) mass is 674 g/mol. The van der Waals surface area contributed by atoms with E-state index in [0.29, 0.717) is 43.7 Å². The molecule has 1 fully saturated rings. The fraction of sp³-hybridized carbons (Fsp3) is 0.512. The van der Waals surface area contributed by atoms with Crippen LogP contribution >= 0.6 is 0 Å². The molecule has 264 valence electrons. The van der Waals surface area contributed by atoms with E-state index in [1.165, 1.54) is 26.8 Å². The van der Waals surface area contributed by atoms with Crippen molar-refractivity contribution in [2.24, 2.45) is 10.4 Å². The number of allylic oxidation sites excluding steroid dienone is 9. The maximum Gasteiger partial charge on any atom is 0.253 e. The van der Waals surface area contributed by atoms with Gasteiger partial charge in [-0.2, -0.15) is 5.26 Å². The van der Waals surface area contributed by atoms with Crippen LogP contribution in [0.2, 0.25) is 0 Å². The van der Waals surface area contributed by atoms with Gasteiger partial charge in [-0.05, 0) is 95.2 Å². The standard InChI is InChI=1S/C41H53F3N4O/c1-9-34(35-17-13-14-18-36(35)42)39(37(46-11-3)19-15-12-16-32-24-29(4)20-21-33(25-32)27-45)31(6)48-23-22-47(28-30(48)5)38(49)26-40(7,8)41(43,44)10-2/h9,13-14,17-18,20-21,25,30H,10-12,15-16,19,22-23,26,28H2,1-8H3/b34-9-,39-31+,46-37?/t30-/m0/s1. The van der Waals surface area contributed by atoms with Crippen LogP contribution in [0.25, 0.3) is 5.57 Å². The summed E-state index contributed by atoms with van der Waals surface area (Å²) in [6, 6.07) is 8.89. The van der Waals surface area contributed by atoms with Crippen molar-refractivity contribution in [3.63, 3.8) is 0 Å². The van der Waals surface area contributed by atoms with Crippen LogP contribution in [-0.2, 0) is 4.79 Å². The SMILES string of the molecule is C/C=C(\C(C(CCCCC1=C=C(C)C=CC(C#N)=C1)=NCC)=C(\C)N1CCN(C(=O)CC(C)(C)C(F)(F)CC)C[C@@H]1C)c1ccccc1F. The van der Waals surface area contributed by atoms with Crippen LogP contribution in [-0.4, -0.2) is 59.6 Å². The highest BCUT2D eigenvalue weighted by molar-refractivity contribution is 6.13. The Morgan fingerprint density at radius 1 is 1.16 bits per heavy atom. The van der Waals surface area contributed by atoms with E-state index in [-0.39, 0.29) is 30.6 Å². The van der Waals surface area contributed by atoms with Gasteiger partial charge in [0, 0.05) is 73.0 Å². The number of nitriles is 1. The zero-order valence-corrected chi connectivity index (χ0v) is 30.6. The molecule has 0 bridgehead atoms. The number of hydrogen-bond acceptors (Lipinski definition) is 4. The second-order valence-corrected chi connectivity index (χ2v) is 13.6. The van der Waals surface area contributed by atoms with Crippen molar-refractivity contribution in [3.8, 4) is 6.07 Å². The Kier molecular flexibility index (Phi) is 14.1. The predicted octanol–water partition coefficient (Wildman–Crippen LogP) is 10.0. The van der Waals surface area contributed by atoms with Crippen LogP contribution in [0.4, 0.5) is 13.2 Å².